The standard InChI is InChI=1S/C14H21NO2/c1-3-8-13(4-2)15-14(16)17-11-12-9-6-5-7-10-12/h5-7,9-10,13H,3-4,8,11H2,1-2H3,(H,15,16)/t13-/m0/s1. The Balaban J connectivity index is 2.30. The van der Waals surface area contributed by atoms with Crippen molar-refractivity contribution in [2.75, 3.05) is 0 Å². The average molecular weight is 235 g/mol. The molecule has 1 amide bonds. The van der Waals surface area contributed by atoms with Crippen molar-refractivity contribution in [1.82, 2.24) is 5.32 Å². The smallest absolute Gasteiger partial charge is 0.407 e. The summed E-state index contributed by atoms with van der Waals surface area (Å²) in [5.74, 6) is 0. The first-order chi connectivity index (χ1) is 8.26. The maximum absolute atomic E-state index is 11.5. The van der Waals surface area contributed by atoms with Gasteiger partial charge in [-0.1, -0.05) is 50.6 Å². The van der Waals surface area contributed by atoms with Crippen molar-refractivity contribution in [2.45, 2.75) is 45.8 Å². The first-order valence-corrected chi connectivity index (χ1v) is 6.23. The number of nitrogens with one attached hydrogen (secondary N) is 1. The minimum atomic E-state index is -0.325. The van der Waals surface area contributed by atoms with E-state index in [2.05, 4.69) is 19.2 Å². The predicted molar refractivity (Wildman–Crippen MR) is 68.7 cm³/mol. The predicted octanol–water partition coefficient (Wildman–Crippen LogP) is 3.49. The fraction of sp³-hybridized carbons (Fsp3) is 0.500. The topological polar surface area (TPSA) is 38.3 Å². The Bertz CT molecular complexity index is 324. The van der Waals surface area contributed by atoms with Crippen LogP contribution in [0.25, 0.3) is 0 Å². The highest BCUT2D eigenvalue weighted by Crippen LogP contribution is 2.03. The van der Waals surface area contributed by atoms with Crippen molar-refractivity contribution >= 4 is 6.09 Å². The Labute approximate surface area is 103 Å². The third kappa shape index (κ3) is 5.38. The Morgan fingerprint density at radius 3 is 2.59 bits per heavy atom. The zero-order valence-electron chi connectivity index (χ0n) is 10.6. The summed E-state index contributed by atoms with van der Waals surface area (Å²) in [7, 11) is 0. The van der Waals surface area contributed by atoms with E-state index in [1.54, 1.807) is 0 Å². The zero-order valence-corrected chi connectivity index (χ0v) is 10.6. The van der Waals surface area contributed by atoms with Crippen LogP contribution in [0.4, 0.5) is 4.79 Å². The van der Waals surface area contributed by atoms with E-state index in [4.69, 9.17) is 4.74 Å². The average Bonchev–Trinajstić information content (AvgIpc) is 2.37. The molecule has 0 aliphatic heterocycles. The van der Waals surface area contributed by atoms with Crippen LogP contribution < -0.4 is 5.32 Å². The number of rotatable bonds is 6. The number of hydrogen-bond acceptors (Lipinski definition) is 2. The van der Waals surface area contributed by atoms with Gasteiger partial charge in [0.2, 0.25) is 0 Å². The van der Waals surface area contributed by atoms with Gasteiger partial charge in [-0.2, -0.15) is 0 Å². The minimum absolute atomic E-state index is 0.225. The van der Waals surface area contributed by atoms with Crippen LogP contribution in [0.15, 0.2) is 30.3 Å². The van der Waals surface area contributed by atoms with Gasteiger partial charge >= 0.3 is 6.09 Å². The molecule has 0 saturated carbocycles. The molecule has 1 N–H and O–H groups in total. The molecule has 1 atom stereocenters. The number of amides is 1. The zero-order chi connectivity index (χ0) is 12.5. The van der Waals surface area contributed by atoms with Crippen LogP contribution in [-0.4, -0.2) is 12.1 Å². The SMILES string of the molecule is CCC[C@H](CC)NC(=O)OCc1ccccc1. The van der Waals surface area contributed by atoms with Gasteiger partial charge in [0.25, 0.3) is 0 Å². The molecule has 0 fully saturated rings. The highest BCUT2D eigenvalue weighted by atomic mass is 16.5. The third-order valence-corrected chi connectivity index (χ3v) is 2.66. The van der Waals surface area contributed by atoms with Gasteiger partial charge in [-0.15, -0.1) is 0 Å². The van der Waals surface area contributed by atoms with E-state index in [-0.39, 0.29) is 12.1 Å². The van der Waals surface area contributed by atoms with Crippen molar-refractivity contribution in [1.29, 1.82) is 0 Å². The second-order valence-electron chi connectivity index (χ2n) is 4.10. The highest BCUT2D eigenvalue weighted by Gasteiger charge is 2.09. The summed E-state index contributed by atoms with van der Waals surface area (Å²) in [6.07, 6.45) is 2.68. The lowest BCUT2D eigenvalue weighted by atomic mass is 10.1. The molecule has 0 unspecified atom stereocenters. The maximum atomic E-state index is 11.5. The van der Waals surface area contributed by atoms with Crippen LogP contribution in [-0.2, 0) is 11.3 Å². The van der Waals surface area contributed by atoms with E-state index in [1.165, 1.54) is 0 Å². The summed E-state index contributed by atoms with van der Waals surface area (Å²) in [5, 5.41) is 2.88. The molecule has 0 heterocycles. The molecule has 1 aromatic rings. The number of hydrogen-bond donors (Lipinski definition) is 1. The summed E-state index contributed by atoms with van der Waals surface area (Å²) < 4.78 is 5.16. The Morgan fingerprint density at radius 2 is 2.00 bits per heavy atom. The highest BCUT2D eigenvalue weighted by molar-refractivity contribution is 5.67. The molecule has 0 aromatic heterocycles. The van der Waals surface area contributed by atoms with Crippen LogP contribution in [0, 0.1) is 0 Å². The van der Waals surface area contributed by atoms with Crippen LogP contribution >= 0.6 is 0 Å². The van der Waals surface area contributed by atoms with Crippen LogP contribution in [0.3, 0.4) is 0 Å². The van der Waals surface area contributed by atoms with Gasteiger partial charge in [0.1, 0.15) is 6.61 Å². The molecule has 94 valence electrons. The lowest BCUT2D eigenvalue weighted by Gasteiger charge is -2.15. The van der Waals surface area contributed by atoms with E-state index < -0.39 is 0 Å². The van der Waals surface area contributed by atoms with Gasteiger partial charge < -0.3 is 10.1 Å². The van der Waals surface area contributed by atoms with Gasteiger partial charge in [0, 0.05) is 6.04 Å². The van der Waals surface area contributed by atoms with Gasteiger partial charge in [-0.3, -0.25) is 0 Å². The number of benzene rings is 1. The van der Waals surface area contributed by atoms with E-state index in [9.17, 15) is 4.79 Å². The molecular weight excluding hydrogens is 214 g/mol. The monoisotopic (exact) mass is 235 g/mol. The maximum Gasteiger partial charge on any atom is 0.407 e. The second-order valence-corrected chi connectivity index (χ2v) is 4.10. The summed E-state index contributed by atoms with van der Waals surface area (Å²) in [6.45, 7) is 4.51. The first kappa shape index (κ1) is 13.6. The van der Waals surface area contributed by atoms with E-state index in [0.29, 0.717) is 6.61 Å². The molecule has 0 radical (unpaired) electrons. The molecule has 0 aliphatic rings. The van der Waals surface area contributed by atoms with E-state index >= 15 is 0 Å². The normalized spacial score (nSPS) is 11.9. The van der Waals surface area contributed by atoms with Crippen molar-refractivity contribution < 1.29 is 9.53 Å². The summed E-state index contributed by atoms with van der Waals surface area (Å²) >= 11 is 0. The molecule has 0 bridgehead atoms. The number of alkyl carbamates (subject to hydrolysis) is 1. The van der Waals surface area contributed by atoms with E-state index in [1.807, 2.05) is 30.3 Å². The van der Waals surface area contributed by atoms with Crippen molar-refractivity contribution in [3.05, 3.63) is 35.9 Å². The molecule has 3 heteroatoms. The fourth-order valence-corrected chi connectivity index (χ4v) is 1.66. The van der Waals surface area contributed by atoms with Gasteiger partial charge in [-0.25, -0.2) is 4.79 Å². The summed E-state index contributed by atoms with van der Waals surface area (Å²) in [6, 6.07) is 9.92. The summed E-state index contributed by atoms with van der Waals surface area (Å²) in [4.78, 5) is 11.5. The Hall–Kier alpha value is -1.51. The molecule has 3 nitrogen and oxygen atoms in total. The minimum Gasteiger partial charge on any atom is -0.445 e. The lowest BCUT2D eigenvalue weighted by Crippen LogP contribution is -2.34. The Kier molecular flexibility index (Phi) is 6.15. The van der Waals surface area contributed by atoms with E-state index in [0.717, 1.165) is 24.8 Å². The van der Waals surface area contributed by atoms with Gasteiger partial charge in [0.15, 0.2) is 0 Å². The van der Waals surface area contributed by atoms with Gasteiger partial charge in [0.05, 0.1) is 0 Å². The second kappa shape index (κ2) is 7.71. The van der Waals surface area contributed by atoms with Crippen molar-refractivity contribution in [3.8, 4) is 0 Å². The number of ether oxygens (including phenoxy) is 1. The van der Waals surface area contributed by atoms with Crippen molar-refractivity contribution in [2.24, 2.45) is 0 Å². The van der Waals surface area contributed by atoms with Gasteiger partial charge in [-0.05, 0) is 18.4 Å². The number of carbonyl (C=O) groups excluding carboxylic acids is 1. The molecular formula is C14H21NO2. The van der Waals surface area contributed by atoms with Crippen LogP contribution in [0.1, 0.15) is 38.7 Å². The number of carbonyl (C=O) groups is 1. The largest absolute Gasteiger partial charge is 0.445 e. The molecule has 1 aromatic carbocycles. The molecule has 17 heavy (non-hydrogen) atoms. The first-order valence-electron chi connectivity index (χ1n) is 6.23. The lowest BCUT2D eigenvalue weighted by molar-refractivity contribution is 0.134. The van der Waals surface area contributed by atoms with Crippen LogP contribution in [0.5, 0.6) is 0 Å². The summed E-state index contributed by atoms with van der Waals surface area (Å²) in [5.41, 5.74) is 1.01. The van der Waals surface area contributed by atoms with Crippen molar-refractivity contribution in [3.63, 3.8) is 0 Å². The fourth-order valence-electron chi connectivity index (χ4n) is 1.66. The molecule has 0 spiro atoms. The third-order valence-electron chi connectivity index (χ3n) is 2.66. The molecule has 0 saturated heterocycles. The molecule has 0 aliphatic carbocycles. The quantitative estimate of drug-likeness (QED) is 0.819. The van der Waals surface area contributed by atoms with Crippen LogP contribution in [0.2, 0.25) is 0 Å². The molecule has 1 rings (SSSR count). The Morgan fingerprint density at radius 1 is 1.29 bits per heavy atom.